The molecule has 2 N–H and O–H groups in total. The van der Waals surface area contributed by atoms with Gasteiger partial charge in [-0.15, -0.1) is 0 Å². The first kappa shape index (κ1) is 29.9. The van der Waals surface area contributed by atoms with Gasteiger partial charge < -0.3 is 9.84 Å². The Hall–Kier alpha value is -1.11. The van der Waals surface area contributed by atoms with Crippen LogP contribution in [-0.4, -0.2) is 30.8 Å². The maximum atomic E-state index is 11.7. The van der Waals surface area contributed by atoms with Gasteiger partial charge in [0.1, 0.15) is 17.3 Å². The van der Waals surface area contributed by atoms with E-state index < -0.39 is 16.2 Å². The molecule has 0 radical (unpaired) electrons. The van der Waals surface area contributed by atoms with Crippen molar-refractivity contribution < 1.29 is 22.8 Å². The summed E-state index contributed by atoms with van der Waals surface area (Å²) in [6, 6.07) is 4.79. The second-order valence-electron chi connectivity index (χ2n) is 9.43. The Morgan fingerprint density at radius 2 is 1.24 bits per heavy atom. The summed E-state index contributed by atoms with van der Waals surface area (Å²) in [5.41, 5.74) is 0.760. The van der Waals surface area contributed by atoms with Crippen molar-refractivity contribution in [1.82, 2.24) is 0 Å². The van der Waals surface area contributed by atoms with E-state index in [0.29, 0.717) is 6.42 Å². The highest BCUT2D eigenvalue weighted by Gasteiger charge is 2.20. The Labute approximate surface area is 203 Å². The molecule has 0 amide bonds. The van der Waals surface area contributed by atoms with E-state index in [-0.39, 0.29) is 17.3 Å². The molecule has 33 heavy (non-hydrogen) atoms. The fraction of sp³-hybridized carbons (Fsp3) is 0.778. The maximum absolute atomic E-state index is 11.7. The van der Waals surface area contributed by atoms with Crippen LogP contribution >= 0.6 is 0 Å². The highest BCUT2D eigenvalue weighted by molar-refractivity contribution is 7.86. The van der Waals surface area contributed by atoms with Crippen LogP contribution < -0.4 is 4.74 Å². The normalized spacial score (nSPS) is 12.7. The van der Waals surface area contributed by atoms with Gasteiger partial charge in [0.15, 0.2) is 0 Å². The molecule has 1 atom stereocenters. The van der Waals surface area contributed by atoms with Crippen molar-refractivity contribution in [2.24, 2.45) is 0 Å². The maximum Gasteiger partial charge on any atom is 0.298 e. The van der Waals surface area contributed by atoms with Crippen molar-refractivity contribution in [3.05, 3.63) is 23.8 Å². The summed E-state index contributed by atoms with van der Waals surface area (Å²) in [5.74, 6) is 0.168. The molecule has 1 aromatic carbocycles. The van der Waals surface area contributed by atoms with E-state index in [2.05, 4.69) is 6.92 Å². The molecule has 0 aromatic heterocycles. The van der Waals surface area contributed by atoms with E-state index in [1.165, 1.54) is 96.0 Å². The smallest absolute Gasteiger partial charge is 0.298 e. The Morgan fingerprint density at radius 3 is 1.67 bits per heavy atom. The summed E-state index contributed by atoms with van der Waals surface area (Å²) in [4.78, 5) is -0.225. The number of hydrogen-bond acceptors (Lipinski definition) is 4. The van der Waals surface area contributed by atoms with Crippen LogP contribution in [0.3, 0.4) is 0 Å². The molecule has 6 heteroatoms. The number of aliphatic hydroxyl groups is 1. The van der Waals surface area contributed by atoms with Crippen molar-refractivity contribution in [1.29, 1.82) is 0 Å². The quantitative estimate of drug-likeness (QED) is 0.139. The third-order valence-electron chi connectivity index (χ3n) is 6.11. The van der Waals surface area contributed by atoms with Gasteiger partial charge in [-0.3, -0.25) is 4.55 Å². The fourth-order valence-corrected chi connectivity index (χ4v) is 4.87. The van der Waals surface area contributed by atoms with Crippen LogP contribution in [0.4, 0.5) is 0 Å². The molecule has 0 heterocycles. The third-order valence-corrected chi connectivity index (χ3v) is 6.98. The summed E-state index contributed by atoms with van der Waals surface area (Å²) in [5, 5.41) is 9.49. The Kier molecular flexibility index (Phi) is 16.5. The zero-order valence-electron chi connectivity index (χ0n) is 21.1. The zero-order valence-corrected chi connectivity index (χ0v) is 21.9. The minimum atomic E-state index is -4.37. The molecule has 1 aromatic rings. The SMILES string of the molecule is CCCCCCCCCCCCCCCCCCc1cccc(S(=O)(=O)O)c1OCC(C)O. The van der Waals surface area contributed by atoms with E-state index in [4.69, 9.17) is 4.74 Å². The largest absolute Gasteiger partial charge is 0.489 e. The standard InChI is InChI=1S/C27H48O5S/c1-3-4-5-6-7-8-9-10-11-12-13-14-15-16-17-18-20-25-21-19-22-26(33(29,30)31)27(25)32-23-24(2)28/h19,21-22,24,28H,3-18,20,23H2,1-2H3,(H,29,30,31). The number of aliphatic hydroxyl groups excluding tert-OH is 1. The van der Waals surface area contributed by atoms with Crippen LogP contribution in [0.15, 0.2) is 23.1 Å². The molecule has 0 fully saturated rings. The van der Waals surface area contributed by atoms with Crippen LogP contribution in [0.5, 0.6) is 5.75 Å². The molecule has 1 rings (SSSR count). The Balaban J connectivity index is 2.16. The Morgan fingerprint density at radius 1 is 0.788 bits per heavy atom. The van der Waals surface area contributed by atoms with Crippen LogP contribution in [0, 0.1) is 0 Å². The topological polar surface area (TPSA) is 83.8 Å². The van der Waals surface area contributed by atoms with Gasteiger partial charge in [0.05, 0.1) is 6.10 Å². The Bertz CT molecular complexity index is 715. The number of aryl methyl sites for hydroxylation is 1. The first-order chi connectivity index (χ1) is 15.9. The molecule has 0 saturated carbocycles. The van der Waals surface area contributed by atoms with E-state index >= 15 is 0 Å². The molecule has 0 spiro atoms. The lowest BCUT2D eigenvalue weighted by atomic mass is 10.0. The lowest BCUT2D eigenvalue weighted by molar-refractivity contribution is 0.120. The summed E-state index contributed by atoms with van der Waals surface area (Å²) >= 11 is 0. The molecule has 0 aliphatic carbocycles. The second-order valence-corrected chi connectivity index (χ2v) is 10.8. The van der Waals surface area contributed by atoms with Crippen molar-refractivity contribution >= 4 is 10.1 Å². The number of hydrogen-bond donors (Lipinski definition) is 2. The van der Waals surface area contributed by atoms with Gasteiger partial charge in [-0.2, -0.15) is 8.42 Å². The van der Waals surface area contributed by atoms with Crippen molar-refractivity contribution in [3.63, 3.8) is 0 Å². The van der Waals surface area contributed by atoms with Crippen LogP contribution in [-0.2, 0) is 16.5 Å². The molecule has 1 unspecified atom stereocenters. The van der Waals surface area contributed by atoms with Gasteiger partial charge in [0.2, 0.25) is 0 Å². The van der Waals surface area contributed by atoms with Gasteiger partial charge in [-0.1, -0.05) is 115 Å². The summed E-state index contributed by atoms with van der Waals surface area (Å²) in [7, 11) is -4.37. The molecular formula is C27H48O5S. The molecule has 0 aliphatic heterocycles. The average Bonchev–Trinajstić information content (AvgIpc) is 2.76. The number of unbranched alkanes of at least 4 members (excludes halogenated alkanes) is 15. The third kappa shape index (κ3) is 14.7. The highest BCUT2D eigenvalue weighted by Crippen LogP contribution is 2.30. The van der Waals surface area contributed by atoms with Crippen LogP contribution in [0.25, 0.3) is 0 Å². The number of ether oxygens (including phenoxy) is 1. The molecule has 5 nitrogen and oxygen atoms in total. The molecule has 192 valence electrons. The summed E-state index contributed by atoms with van der Waals surface area (Å²) in [6.07, 6.45) is 20.9. The van der Waals surface area contributed by atoms with Gasteiger partial charge in [0, 0.05) is 0 Å². The highest BCUT2D eigenvalue weighted by atomic mass is 32.2. The van der Waals surface area contributed by atoms with Gasteiger partial charge in [-0.25, -0.2) is 0 Å². The monoisotopic (exact) mass is 484 g/mol. The predicted octanol–water partition coefficient (Wildman–Crippen LogP) is 7.50. The fourth-order valence-electron chi connectivity index (χ4n) is 4.19. The van der Waals surface area contributed by atoms with E-state index in [9.17, 15) is 18.1 Å². The number of benzene rings is 1. The van der Waals surface area contributed by atoms with E-state index in [1.807, 2.05) is 6.07 Å². The van der Waals surface area contributed by atoms with Crippen molar-refractivity contribution in [3.8, 4) is 5.75 Å². The minimum absolute atomic E-state index is 0.0154. The second kappa shape index (κ2) is 18.2. The van der Waals surface area contributed by atoms with Crippen LogP contribution in [0.2, 0.25) is 0 Å². The zero-order chi connectivity index (χ0) is 24.4. The minimum Gasteiger partial charge on any atom is -0.489 e. The lowest BCUT2D eigenvalue weighted by Crippen LogP contribution is -2.15. The predicted molar refractivity (Wildman–Crippen MR) is 137 cm³/mol. The van der Waals surface area contributed by atoms with E-state index in [1.54, 1.807) is 13.0 Å². The molecule has 0 aliphatic rings. The molecule has 0 bridgehead atoms. The molecule has 0 saturated heterocycles. The van der Waals surface area contributed by atoms with E-state index in [0.717, 1.165) is 18.4 Å². The van der Waals surface area contributed by atoms with Crippen molar-refractivity contribution in [2.75, 3.05) is 6.61 Å². The first-order valence-corrected chi connectivity index (χ1v) is 14.7. The average molecular weight is 485 g/mol. The van der Waals surface area contributed by atoms with Gasteiger partial charge in [0.25, 0.3) is 10.1 Å². The molecular weight excluding hydrogens is 436 g/mol. The van der Waals surface area contributed by atoms with Crippen molar-refractivity contribution in [2.45, 2.75) is 134 Å². The number of para-hydroxylation sites is 1. The number of rotatable bonds is 21. The summed E-state index contributed by atoms with van der Waals surface area (Å²) in [6.45, 7) is 3.83. The first-order valence-electron chi connectivity index (χ1n) is 13.3. The van der Waals surface area contributed by atoms with Gasteiger partial charge >= 0.3 is 0 Å². The lowest BCUT2D eigenvalue weighted by Gasteiger charge is -2.15. The van der Waals surface area contributed by atoms with Crippen LogP contribution in [0.1, 0.15) is 122 Å². The van der Waals surface area contributed by atoms with Gasteiger partial charge in [-0.05, 0) is 31.4 Å². The summed E-state index contributed by atoms with van der Waals surface area (Å²) < 4.78 is 38.4.